The van der Waals surface area contributed by atoms with E-state index >= 15 is 0 Å². The normalized spacial score (nSPS) is 17.6. The van der Waals surface area contributed by atoms with Gasteiger partial charge in [0.15, 0.2) is 0 Å². The molecule has 0 aromatic heterocycles. The number of amides is 1. The summed E-state index contributed by atoms with van der Waals surface area (Å²) >= 11 is 0. The molecule has 1 fully saturated rings. The van der Waals surface area contributed by atoms with E-state index in [1.165, 1.54) is 12.5 Å². The van der Waals surface area contributed by atoms with E-state index in [0.717, 1.165) is 37.8 Å². The Balaban J connectivity index is 1.93. The third-order valence-corrected chi connectivity index (χ3v) is 3.67. The minimum Gasteiger partial charge on any atom is -0.369 e. The predicted molar refractivity (Wildman–Crippen MR) is 74.5 cm³/mol. The first-order valence-corrected chi connectivity index (χ1v) is 7.09. The average Bonchev–Trinajstić information content (AvgIpc) is 2.44. The van der Waals surface area contributed by atoms with Crippen LogP contribution in [-0.2, 0) is 4.79 Å². The number of benzene rings is 1. The highest BCUT2D eigenvalue weighted by atomic mass is 19.1. The van der Waals surface area contributed by atoms with Crippen LogP contribution in [0.15, 0.2) is 18.2 Å². The van der Waals surface area contributed by atoms with Gasteiger partial charge in [-0.1, -0.05) is 25.3 Å². The zero-order chi connectivity index (χ0) is 14.5. The van der Waals surface area contributed by atoms with Crippen molar-refractivity contribution in [2.24, 2.45) is 0 Å². The van der Waals surface area contributed by atoms with E-state index in [1.807, 2.05) is 0 Å². The fraction of sp³-hybridized carbons (Fsp3) is 0.533. The quantitative estimate of drug-likeness (QED) is 0.890. The zero-order valence-corrected chi connectivity index (χ0v) is 11.6. The van der Waals surface area contributed by atoms with Crippen LogP contribution in [0.3, 0.4) is 0 Å². The molecule has 2 N–H and O–H groups in total. The second-order valence-electron chi connectivity index (χ2n) is 5.31. The van der Waals surface area contributed by atoms with Gasteiger partial charge in [-0.05, 0) is 31.9 Å². The van der Waals surface area contributed by atoms with Crippen molar-refractivity contribution < 1.29 is 13.6 Å². The van der Waals surface area contributed by atoms with Crippen molar-refractivity contribution in [1.29, 1.82) is 0 Å². The standard InChI is InChI=1S/C15H20F2N2O/c1-10(15(20)19-11-6-3-2-4-7-11)18-14-12(16)8-5-9-13(14)17/h5,8-11,18H,2-4,6-7H2,1H3,(H,19,20). The Morgan fingerprint density at radius 3 is 2.40 bits per heavy atom. The Bertz CT molecular complexity index is 453. The van der Waals surface area contributed by atoms with Gasteiger partial charge in [0.05, 0.1) is 0 Å². The molecule has 0 heterocycles. The van der Waals surface area contributed by atoms with Gasteiger partial charge in [-0.3, -0.25) is 4.79 Å². The molecule has 1 aliphatic rings. The lowest BCUT2D eigenvalue weighted by Crippen LogP contribution is -2.44. The maximum Gasteiger partial charge on any atom is 0.242 e. The molecular weight excluding hydrogens is 262 g/mol. The number of hydrogen-bond acceptors (Lipinski definition) is 2. The van der Waals surface area contributed by atoms with E-state index in [4.69, 9.17) is 0 Å². The Hall–Kier alpha value is -1.65. The van der Waals surface area contributed by atoms with Gasteiger partial charge >= 0.3 is 0 Å². The predicted octanol–water partition coefficient (Wildman–Crippen LogP) is 3.21. The van der Waals surface area contributed by atoms with Crippen LogP contribution in [0.5, 0.6) is 0 Å². The van der Waals surface area contributed by atoms with Gasteiger partial charge in [-0.15, -0.1) is 0 Å². The van der Waals surface area contributed by atoms with Crippen molar-refractivity contribution in [3.63, 3.8) is 0 Å². The molecule has 3 nitrogen and oxygen atoms in total. The lowest BCUT2D eigenvalue weighted by Gasteiger charge is -2.25. The molecule has 0 saturated heterocycles. The topological polar surface area (TPSA) is 41.1 Å². The molecule has 2 rings (SSSR count). The van der Waals surface area contributed by atoms with Crippen LogP contribution >= 0.6 is 0 Å². The molecule has 1 aliphatic carbocycles. The smallest absolute Gasteiger partial charge is 0.242 e. The van der Waals surface area contributed by atoms with Crippen molar-refractivity contribution >= 4 is 11.6 Å². The van der Waals surface area contributed by atoms with Gasteiger partial charge in [0.1, 0.15) is 23.4 Å². The van der Waals surface area contributed by atoms with Crippen molar-refractivity contribution in [2.75, 3.05) is 5.32 Å². The van der Waals surface area contributed by atoms with Gasteiger partial charge < -0.3 is 10.6 Å². The maximum atomic E-state index is 13.5. The number of nitrogens with one attached hydrogen (secondary N) is 2. The Labute approximate surface area is 117 Å². The van der Waals surface area contributed by atoms with E-state index in [0.29, 0.717) is 0 Å². The van der Waals surface area contributed by atoms with E-state index < -0.39 is 17.7 Å². The summed E-state index contributed by atoms with van der Waals surface area (Å²) in [6.45, 7) is 1.60. The molecular formula is C15H20F2N2O. The van der Waals surface area contributed by atoms with Crippen LogP contribution in [0.1, 0.15) is 39.0 Å². The Morgan fingerprint density at radius 2 is 1.80 bits per heavy atom. The molecule has 110 valence electrons. The number of halogens is 2. The Morgan fingerprint density at radius 1 is 1.20 bits per heavy atom. The van der Waals surface area contributed by atoms with Crippen LogP contribution in [0.4, 0.5) is 14.5 Å². The summed E-state index contributed by atoms with van der Waals surface area (Å²) in [5.41, 5.74) is -0.251. The van der Waals surface area contributed by atoms with E-state index in [-0.39, 0.29) is 17.6 Å². The van der Waals surface area contributed by atoms with Crippen molar-refractivity contribution in [2.45, 2.75) is 51.1 Å². The molecule has 1 aromatic carbocycles. The van der Waals surface area contributed by atoms with E-state index in [2.05, 4.69) is 10.6 Å². The van der Waals surface area contributed by atoms with Gasteiger partial charge in [0.2, 0.25) is 5.91 Å². The van der Waals surface area contributed by atoms with Crippen LogP contribution in [0.25, 0.3) is 0 Å². The SMILES string of the molecule is CC(Nc1c(F)cccc1F)C(=O)NC1CCCCC1. The lowest BCUT2D eigenvalue weighted by atomic mass is 9.95. The first kappa shape index (κ1) is 14.8. The summed E-state index contributed by atoms with van der Waals surface area (Å²) in [6, 6.07) is 3.13. The third-order valence-electron chi connectivity index (χ3n) is 3.67. The van der Waals surface area contributed by atoms with Gasteiger partial charge in [0.25, 0.3) is 0 Å². The molecule has 1 amide bonds. The molecule has 0 aliphatic heterocycles. The van der Waals surface area contributed by atoms with E-state index in [1.54, 1.807) is 6.92 Å². The monoisotopic (exact) mass is 282 g/mol. The summed E-state index contributed by atoms with van der Waals surface area (Å²) in [4.78, 5) is 12.0. The lowest BCUT2D eigenvalue weighted by molar-refractivity contribution is -0.122. The fourth-order valence-corrected chi connectivity index (χ4v) is 2.49. The van der Waals surface area contributed by atoms with Gasteiger partial charge in [0, 0.05) is 6.04 Å². The first-order chi connectivity index (χ1) is 9.58. The molecule has 1 aromatic rings. The summed E-state index contributed by atoms with van der Waals surface area (Å²) in [5.74, 6) is -1.61. The highest BCUT2D eigenvalue weighted by Crippen LogP contribution is 2.20. The number of hydrogen-bond donors (Lipinski definition) is 2. The fourth-order valence-electron chi connectivity index (χ4n) is 2.49. The molecule has 1 unspecified atom stereocenters. The molecule has 0 spiro atoms. The van der Waals surface area contributed by atoms with E-state index in [9.17, 15) is 13.6 Å². The highest BCUT2D eigenvalue weighted by Gasteiger charge is 2.21. The minimum absolute atomic E-state index is 0.186. The van der Waals surface area contributed by atoms with Gasteiger partial charge in [-0.25, -0.2) is 8.78 Å². The molecule has 0 bridgehead atoms. The van der Waals surface area contributed by atoms with Crippen molar-refractivity contribution in [3.05, 3.63) is 29.8 Å². The minimum atomic E-state index is -0.692. The molecule has 1 atom stereocenters. The summed E-state index contributed by atoms with van der Waals surface area (Å²) in [5, 5.41) is 5.54. The van der Waals surface area contributed by atoms with Gasteiger partial charge in [-0.2, -0.15) is 0 Å². The largest absolute Gasteiger partial charge is 0.369 e. The maximum absolute atomic E-state index is 13.5. The molecule has 0 radical (unpaired) electrons. The third kappa shape index (κ3) is 3.68. The molecule has 1 saturated carbocycles. The average molecular weight is 282 g/mol. The summed E-state index contributed by atoms with van der Waals surface area (Å²) in [6.07, 6.45) is 5.41. The number of carbonyl (C=O) groups is 1. The number of rotatable bonds is 4. The Kier molecular flexibility index (Phi) is 4.93. The summed E-state index contributed by atoms with van der Waals surface area (Å²) in [7, 11) is 0. The molecule has 20 heavy (non-hydrogen) atoms. The number of anilines is 1. The van der Waals surface area contributed by atoms with Crippen LogP contribution < -0.4 is 10.6 Å². The highest BCUT2D eigenvalue weighted by molar-refractivity contribution is 5.84. The summed E-state index contributed by atoms with van der Waals surface area (Å²) < 4.78 is 27.0. The van der Waals surface area contributed by atoms with Crippen LogP contribution in [0.2, 0.25) is 0 Å². The molecule has 5 heteroatoms. The van der Waals surface area contributed by atoms with Crippen molar-refractivity contribution in [3.8, 4) is 0 Å². The van der Waals surface area contributed by atoms with Crippen LogP contribution in [-0.4, -0.2) is 18.0 Å². The number of para-hydroxylation sites is 1. The van der Waals surface area contributed by atoms with Crippen molar-refractivity contribution in [1.82, 2.24) is 5.32 Å². The second kappa shape index (κ2) is 6.68. The number of carbonyl (C=O) groups excluding carboxylic acids is 1. The van der Waals surface area contributed by atoms with Crippen LogP contribution in [0, 0.1) is 11.6 Å². The zero-order valence-electron chi connectivity index (χ0n) is 11.6. The second-order valence-corrected chi connectivity index (χ2v) is 5.31. The first-order valence-electron chi connectivity index (χ1n) is 7.09.